The van der Waals surface area contributed by atoms with E-state index in [9.17, 15) is 4.79 Å². The van der Waals surface area contributed by atoms with Gasteiger partial charge in [0.25, 0.3) is 5.91 Å². The van der Waals surface area contributed by atoms with Crippen molar-refractivity contribution in [3.63, 3.8) is 0 Å². The summed E-state index contributed by atoms with van der Waals surface area (Å²) in [5.41, 5.74) is 7.68. The second-order valence-electron chi connectivity index (χ2n) is 6.01. The van der Waals surface area contributed by atoms with Crippen LogP contribution in [0.25, 0.3) is 0 Å². The summed E-state index contributed by atoms with van der Waals surface area (Å²) in [7, 11) is 0. The summed E-state index contributed by atoms with van der Waals surface area (Å²) < 4.78 is 0. The number of carbonyl (C=O) groups is 1. The molecule has 0 spiro atoms. The summed E-state index contributed by atoms with van der Waals surface area (Å²) in [6, 6.07) is 8.15. The molecule has 3 N–H and O–H groups in total. The van der Waals surface area contributed by atoms with Gasteiger partial charge in [-0.1, -0.05) is 38.3 Å². The van der Waals surface area contributed by atoms with Crippen LogP contribution in [0.4, 0.5) is 0 Å². The molecule has 21 heavy (non-hydrogen) atoms. The minimum atomic E-state index is 0. The highest BCUT2D eigenvalue weighted by atomic mass is 35.5. The summed E-state index contributed by atoms with van der Waals surface area (Å²) in [5.74, 6) is 1.01. The third-order valence-electron chi connectivity index (χ3n) is 4.26. The van der Waals surface area contributed by atoms with Crippen LogP contribution in [0.2, 0.25) is 0 Å². The third kappa shape index (κ3) is 5.33. The fraction of sp³-hybridized carbons (Fsp3) is 0.588. The molecule has 1 aliphatic rings. The molecule has 3 nitrogen and oxygen atoms in total. The fourth-order valence-electron chi connectivity index (χ4n) is 2.79. The average Bonchev–Trinajstić information content (AvgIpc) is 2.53. The molecule has 4 heteroatoms. The first-order valence-corrected chi connectivity index (χ1v) is 7.79. The summed E-state index contributed by atoms with van der Waals surface area (Å²) in [6.45, 7) is 3.27. The van der Waals surface area contributed by atoms with Crippen LogP contribution >= 0.6 is 12.4 Å². The first-order valence-electron chi connectivity index (χ1n) is 7.79. The summed E-state index contributed by atoms with van der Waals surface area (Å²) >= 11 is 0. The summed E-state index contributed by atoms with van der Waals surface area (Å²) in [4.78, 5) is 12.0. The van der Waals surface area contributed by atoms with E-state index < -0.39 is 0 Å². The van der Waals surface area contributed by atoms with Crippen LogP contribution in [0, 0.1) is 5.92 Å². The van der Waals surface area contributed by atoms with Gasteiger partial charge in [0.2, 0.25) is 0 Å². The maximum atomic E-state index is 12.0. The molecule has 118 valence electrons. The number of carbonyl (C=O) groups excluding carboxylic acids is 1. The lowest BCUT2D eigenvalue weighted by atomic mass is 9.84. The first kappa shape index (κ1) is 18.0. The topological polar surface area (TPSA) is 55.1 Å². The van der Waals surface area contributed by atoms with Gasteiger partial charge >= 0.3 is 0 Å². The molecule has 0 radical (unpaired) electrons. The largest absolute Gasteiger partial charge is 0.352 e. The quantitative estimate of drug-likeness (QED) is 0.875. The summed E-state index contributed by atoms with van der Waals surface area (Å²) in [5, 5.41) is 2.93. The lowest BCUT2D eigenvalue weighted by Crippen LogP contribution is -2.31. The van der Waals surface area contributed by atoms with Gasteiger partial charge in [-0.3, -0.25) is 4.79 Å². The van der Waals surface area contributed by atoms with Crippen LogP contribution in [0.5, 0.6) is 0 Å². The van der Waals surface area contributed by atoms with E-state index in [1.165, 1.54) is 37.7 Å². The molecular formula is C17H27ClN2O. The monoisotopic (exact) mass is 310 g/mol. The molecule has 2 rings (SSSR count). The van der Waals surface area contributed by atoms with Crippen LogP contribution in [0.3, 0.4) is 0 Å². The zero-order chi connectivity index (χ0) is 14.4. The number of nitrogens with two attached hydrogens (primary N) is 1. The number of hydrogen-bond acceptors (Lipinski definition) is 2. The Morgan fingerprint density at radius 3 is 2.43 bits per heavy atom. The molecule has 1 aromatic rings. The maximum absolute atomic E-state index is 12.0. The molecule has 0 saturated heterocycles. The fourth-order valence-corrected chi connectivity index (χ4v) is 2.79. The zero-order valence-electron chi connectivity index (χ0n) is 12.8. The van der Waals surface area contributed by atoms with E-state index in [0.29, 0.717) is 24.9 Å². The second kappa shape index (κ2) is 9.06. The van der Waals surface area contributed by atoms with Crippen molar-refractivity contribution in [3.8, 4) is 0 Å². The van der Waals surface area contributed by atoms with Crippen molar-refractivity contribution in [2.45, 2.75) is 44.9 Å². The van der Waals surface area contributed by atoms with Gasteiger partial charge in [0.05, 0.1) is 0 Å². The van der Waals surface area contributed by atoms with Gasteiger partial charge < -0.3 is 11.1 Å². The minimum Gasteiger partial charge on any atom is -0.352 e. The predicted octanol–water partition coefficient (Wildman–Crippen LogP) is 3.48. The van der Waals surface area contributed by atoms with Crippen molar-refractivity contribution in [2.75, 3.05) is 13.1 Å². The van der Waals surface area contributed by atoms with E-state index in [2.05, 4.69) is 17.4 Å². The Morgan fingerprint density at radius 1 is 1.24 bits per heavy atom. The highest BCUT2D eigenvalue weighted by Gasteiger charge is 2.15. The van der Waals surface area contributed by atoms with Crippen molar-refractivity contribution < 1.29 is 4.79 Å². The van der Waals surface area contributed by atoms with E-state index in [-0.39, 0.29) is 18.3 Å². The second-order valence-corrected chi connectivity index (χ2v) is 6.01. The number of rotatable bonds is 5. The Bertz CT molecular complexity index is 427. The molecule has 1 saturated carbocycles. The lowest BCUT2D eigenvalue weighted by Gasteiger charge is -2.22. The molecule has 1 aliphatic carbocycles. The molecule has 0 bridgehead atoms. The Kier molecular flexibility index (Phi) is 7.76. The van der Waals surface area contributed by atoms with Crippen LogP contribution in [0.15, 0.2) is 24.3 Å². The molecule has 0 aromatic heterocycles. The number of amides is 1. The molecule has 1 atom stereocenters. The predicted molar refractivity (Wildman–Crippen MR) is 90.1 cm³/mol. The van der Waals surface area contributed by atoms with Crippen molar-refractivity contribution >= 4 is 18.3 Å². The number of benzene rings is 1. The highest BCUT2D eigenvalue weighted by molar-refractivity contribution is 5.94. The first-order chi connectivity index (χ1) is 9.70. The highest BCUT2D eigenvalue weighted by Crippen LogP contribution is 2.32. The van der Waals surface area contributed by atoms with Gasteiger partial charge in [0.1, 0.15) is 0 Å². The Balaban J connectivity index is 0.00000220. The van der Waals surface area contributed by atoms with E-state index in [1.54, 1.807) is 0 Å². The van der Waals surface area contributed by atoms with E-state index >= 15 is 0 Å². The lowest BCUT2D eigenvalue weighted by molar-refractivity contribution is 0.0948. The smallest absolute Gasteiger partial charge is 0.251 e. The SMILES string of the molecule is CC(CN)CNC(=O)c1ccc(C2CCCCC2)cc1.Cl. The third-order valence-corrected chi connectivity index (χ3v) is 4.26. The van der Waals surface area contributed by atoms with Crippen molar-refractivity contribution in [3.05, 3.63) is 35.4 Å². The van der Waals surface area contributed by atoms with Crippen LogP contribution in [0.1, 0.15) is 60.9 Å². The van der Waals surface area contributed by atoms with Gasteiger partial charge in [-0.2, -0.15) is 0 Å². The zero-order valence-corrected chi connectivity index (χ0v) is 13.6. The number of hydrogen-bond donors (Lipinski definition) is 2. The number of nitrogens with one attached hydrogen (secondary N) is 1. The molecule has 1 unspecified atom stereocenters. The Labute approximate surface area is 134 Å². The van der Waals surface area contributed by atoms with Crippen LogP contribution in [-0.4, -0.2) is 19.0 Å². The molecule has 1 aromatic carbocycles. The molecule has 0 aliphatic heterocycles. The minimum absolute atomic E-state index is 0. The van der Waals surface area contributed by atoms with Crippen LogP contribution < -0.4 is 11.1 Å². The van der Waals surface area contributed by atoms with Crippen molar-refractivity contribution in [1.29, 1.82) is 0 Å². The Hall–Kier alpha value is -1.06. The maximum Gasteiger partial charge on any atom is 0.251 e. The molecule has 0 heterocycles. The van der Waals surface area contributed by atoms with Gasteiger partial charge in [0.15, 0.2) is 0 Å². The standard InChI is InChI=1S/C17H26N2O.ClH/c1-13(11-18)12-19-17(20)16-9-7-15(8-10-16)14-5-3-2-4-6-14;/h7-10,13-14H,2-6,11-12,18H2,1H3,(H,19,20);1H. The average molecular weight is 311 g/mol. The van der Waals surface area contributed by atoms with E-state index in [1.807, 2.05) is 19.1 Å². The molecular weight excluding hydrogens is 284 g/mol. The van der Waals surface area contributed by atoms with Crippen molar-refractivity contribution in [1.82, 2.24) is 5.32 Å². The number of halogens is 1. The van der Waals surface area contributed by atoms with Crippen LogP contribution in [-0.2, 0) is 0 Å². The molecule has 1 fully saturated rings. The van der Waals surface area contributed by atoms with E-state index in [0.717, 1.165) is 5.56 Å². The summed E-state index contributed by atoms with van der Waals surface area (Å²) in [6.07, 6.45) is 6.63. The van der Waals surface area contributed by atoms with Gasteiger partial charge in [-0.25, -0.2) is 0 Å². The normalized spacial score (nSPS) is 16.9. The molecule has 1 amide bonds. The van der Waals surface area contributed by atoms with Crippen molar-refractivity contribution in [2.24, 2.45) is 11.7 Å². The van der Waals surface area contributed by atoms with Gasteiger partial charge in [-0.05, 0) is 48.9 Å². The van der Waals surface area contributed by atoms with Gasteiger partial charge in [-0.15, -0.1) is 12.4 Å². The van der Waals surface area contributed by atoms with E-state index in [4.69, 9.17) is 5.73 Å². The Morgan fingerprint density at radius 2 is 1.86 bits per heavy atom. The van der Waals surface area contributed by atoms with Gasteiger partial charge in [0, 0.05) is 12.1 Å².